The summed E-state index contributed by atoms with van der Waals surface area (Å²) in [6.45, 7) is 6.07. The number of carbonyl (C=O) groups excluding carboxylic acids is 2. The first kappa shape index (κ1) is 21.9. The van der Waals surface area contributed by atoms with E-state index in [1.54, 1.807) is 43.3 Å². The Bertz CT molecular complexity index is 1460. The molecule has 2 aromatic heterocycles. The van der Waals surface area contributed by atoms with Gasteiger partial charge in [0.25, 0.3) is 5.78 Å². The molecule has 1 atom stereocenters. The van der Waals surface area contributed by atoms with Crippen molar-refractivity contribution in [3.05, 3.63) is 82.8 Å². The van der Waals surface area contributed by atoms with Crippen molar-refractivity contribution in [3.8, 4) is 5.75 Å². The van der Waals surface area contributed by atoms with Gasteiger partial charge in [-0.15, -0.1) is 0 Å². The highest BCUT2D eigenvalue weighted by Crippen LogP contribution is 2.44. The van der Waals surface area contributed by atoms with Crippen molar-refractivity contribution in [3.63, 3.8) is 0 Å². The van der Waals surface area contributed by atoms with E-state index >= 15 is 0 Å². The molecule has 4 aromatic rings. The number of fused-ring (bicyclic) bond motifs is 1. The van der Waals surface area contributed by atoms with E-state index in [1.807, 2.05) is 32.0 Å². The topological polar surface area (TPSA) is 92.9 Å². The maximum absolute atomic E-state index is 13.3. The predicted octanol–water partition coefficient (Wildman–Crippen LogP) is 5.53. The quantitative estimate of drug-likeness (QED) is 0.232. The molecule has 7 nitrogen and oxygen atoms in total. The summed E-state index contributed by atoms with van der Waals surface area (Å²) < 4.78 is 12.3. The van der Waals surface area contributed by atoms with Crippen LogP contribution in [0.4, 0.5) is 5.13 Å². The Morgan fingerprint density at radius 2 is 1.97 bits per heavy atom. The summed E-state index contributed by atoms with van der Waals surface area (Å²) in [5.41, 5.74) is 2.11. The average molecular weight is 475 g/mol. The average Bonchev–Trinajstić information content (AvgIpc) is 3.49. The molecule has 1 aliphatic heterocycles. The van der Waals surface area contributed by atoms with Gasteiger partial charge >= 0.3 is 5.91 Å². The van der Waals surface area contributed by atoms with Crippen LogP contribution < -0.4 is 9.64 Å². The zero-order chi connectivity index (χ0) is 24.0. The number of Topliss-reactive ketones (excluding diaryl/α,β-unsaturated/α-hetero) is 1. The van der Waals surface area contributed by atoms with Gasteiger partial charge in [0, 0.05) is 5.56 Å². The number of amides is 1. The predicted molar refractivity (Wildman–Crippen MR) is 130 cm³/mol. The molecular weight excluding hydrogens is 452 g/mol. The Hall–Kier alpha value is -3.91. The Labute approximate surface area is 199 Å². The third-order valence-corrected chi connectivity index (χ3v) is 6.65. The van der Waals surface area contributed by atoms with Crippen LogP contribution in [0.3, 0.4) is 0 Å². The summed E-state index contributed by atoms with van der Waals surface area (Å²) in [4.78, 5) is 32.5. The molecule has 0 radical (unpaired) electrons. The number of aromatic nitrogens is 1. The minimum atomic E-state index is -0.953. The molecule has 0 saturated carbocycles. The zero-order valence-corrected chi connectivity index (χ0v) is 19.7. The molecule has 34 heavy (non-hydrogen) atoms. The highest BCUT2D eigenvalue weighted by molar-refractivity contribution is 7.22. The first-order valence-corrected chi connectivity index (χ1v) is 11.7. The van der Waals surface area contributed by atoms with Crippen LogP contribution in [0.2, 0.25) is 0 Å². The fourth-order valence-electron chi connectivity index (χ4n) is 4.08. The van der Waals surface area contributed by atoms with Gasteiger partial charge in [-0.05, 0) is 62.7 Å². The van der Waals surface area contributed by atoms with Crippen LogP contribution in [0, 0.1) is 13.8 Å². The first-order chi connectivity index (χ1) is 16.4. The molecule has 8 heteroatoms. The number of anilines is 1. The fourth-order valence-corrected chi connectivity index (χ4v) is 5.17. The van der Waals surface area contributed by atoms with Gasteiger partial charge in [-0.1, -0.05) is 29.5 Å². The summed E-state index contributed by atoms with van der Waals surface area (Å²) in [6.07, 6.45) is 0. The molecule has 1 aliphatic rings. The number of rotatable bonds is 5. The van der Waals surface area contributed by atoms with Gasteiger partial charge in [-0.25, -0.2) is 4.98 Å². The number of thiazole rings is 1. The molecule has 172 valence electrons. The van der Waals surface area contributed by atoms with Gasteiger partial charge in [0.05, 0.1) is 22.4 Å². The van der Waals surface area contributed by atoms with Gasteiger partial charge in [0.1, 0.15) is 29.1 Å². The lowest BCUT2D eigenvalue weighted by Gasteiger charge is -2.20. The van der Waals surface area contributed by atoms with E-state index in [0.29, 0.717) is 34.6 Å². The number of ketones is 1. The van der Waals surface area contributed by atoms with E-state index in [2.05, 4.69) is 4.98 Å². The summed E-state index contributed by atoms with van der Waals surface area (Å²) in [7, 11) is 0. The molecule has 2 aromatic carbocycles. The van der Waals surface area contributed by atoms with Gasteiger partial charge < -0.3 is 14.3 Å². The Balaban J connectivity index is 1.70. The van der Waals surface area contributed by atoms with E-state index in [1.165, 1.54) is 16.2 Å². The largest absolute Gasteiger partial charge is 0.507 e. The van der Waals surface area contributed by atoms with E-state index < -0.39 is 17.7 Å². The van der Waals surface area contributed by atoms with Gasteiger partial charge in [0.15, 0.2) is 5.13 Å². The molecule has 5 rings (SSSR count). The standard InChI is InChI=1S/C26H22N2O5S/c1-4-32-17-7-5-6-16(13-17)23(29)21-22(19-11-9-15(3)33-19)28(25(31)24(21)30)26-27-18-10-8-14(2)12-20(18)34-26/h5-13,22,29H,4H2,1-3H3. The molecule has 3 heterocycles. The number of ether oxygens (including phenoxy) is 1. The number of nitrogens with zero attached hydrogens (tertiary/aromatic N) is 2. The van der Waals surface area contributed by atoms with E-state index in [9.17, 15) is 14.7 Å². The van der Waals surface area contributed by atoms with Crippen LogP contribution in [0.1, 0.15) is 35.6 Å². The van der Waals surface area contributed by atoms with Crippen molar-refractivity contribution in [2.45, 2.75) is 26.8 Å². The maximum atomic E-state index is 13.3. The van der Waals surface area contributed by atoms with Crippen molar-refractivity contribution >= 4 is 44.1 Å². The molecule has 1 fully saturated rings. The zero-order valence-electron chi connectivity index (χ0n) is 18.9. The molecule has 0 spiro atoms. The van der Waals surface area contributed by atoms with Crippen LogP contribution in [0.25, 0.3) is 16.0 Å². The summed E-state index contributed by atoms with van der Waals surface area (Å²) >= 11 is 1.31. The molecule has 0 aliphatic carbocycles. The third kappa shape index (κ3) is 3.66. The number of hydrogen-bond acceptors (Lipinski definition) is 7. The van der Waals surface area contributed by atoms with E-state index in [4.69, 9.17) is 9.15 Å². The number of aliphatic hydroxyl groups excluding tert-OH is 1. The molecule has 1 unspecified atom stereocenters. The number of carbonyl (C=O) groups is 2. The minimum Gasteiger partial charge on any atom is -0.507 e. The van der Waals surface area contributed by atoms with E-state index in [0.717, 1.165) is 15.8 Å². The maximum Gasteiger partial charge on any atom is 0.302 e. The highest BCUT2D eigenvalue weighted by Gasteiger charge is 2.49. The summed E-state index contributed by atoms with van der Waals surface area (Å²) in [5, 5.41) is 11.6. The normalized spacial score (nSPS) is 17.6. The Morgan fingerprint density at radius 3 is 2.71 bits per heavy atom. The van der Waals surface area contributed by atoms with Gasteiger partial charge in [0.2, 0.25) is 0 Å². The lowest BCUT2D eigenvalue weighted by Crippen LogP contribution is -2.29. The van der Waals surface area contributed by atoms with Crippen LogP contribution in [-0.4, -0.2) is 28.4 Å². The van der Waals surface area contributed by atoms with Crippen LogP contribution in [-0.2, 0) is 9.59 Å². The third-order valence-electron chi connectivity index (χ3n) is 5.63. The van der Waals surface area contributed by atoms with E-state index in [-0.39, 0.29) is 11.3 Å². The number of aryl methyl sites for hydroxylation is 2. The molecule has 1 N–H and O–H groups in total. The van der Waals surface area contributed by atoms with Gasteiger partial charge in [-0.2, -0.15) is 0 Å². The number of hydrogen-bond donors (Lipinski definition) is 1. The number of furan rings is 1. The van der Waals surface area contributed by atoms with Crippen molar-refractivity contribution < 1.29 is 23.8 Å². The Morgan fingerprint density at radius 1 is 1.15 bits per heavy atom. The summed E-state index contributed by atoms with van der Waals surface area (Å²) in [6, 6.07) is 15.1. The molecular formula is C26H22N2O5S. The SMILES string of the molecule is CCOc1cccc(C(O)=C2C(=O)C(=O)N(c3nc4ccc(C)cc4s3)C2c2ccc(C)o2)c1. The fraction of sp³-hybridized carbons (Fsp3) is 0.192. The first-order valence-electron chi connectivity index (χ1n) is 10.8. The van der Waals surface area contributed by atoms with Crippen LogP contribution in [0.5, 0.6) is 5.75 Å². The summed E-state index contributed by atoms with van der Waals surface area (Å²) in [5.74, 6) is -0.314. The number of aliphatic hydroxyl groups is 1. The van der Waals surface area contributed by atoms with Crippen molar-refractivity contribution in [2.24, 2.45) is 0 Å². The highest BCUT2D eigenvalue weighted by atomic mass is 32.1. The second kappa shape index (κ2) is 8.46. The van der Waals surface area contributed by atoms with Crippen molar-refractivity contribution in [1.82, 2.24) is 4.98 Å². The van der Waals surface area contributed by atoms with Crippen molar-refractivity contribution in [1.29, 1.82) is 0 Å². The molecule has 1 saturated heterocycles. The second-order valence-corrected chi connectivity index (χ2v) is 9.06. The lowest BCUT2D eigenvalue weighted by atomic mass is 9.99. The van der Waals surface area contributed by atoms with Gasteiger partial charge in [-0.3, -0.25) is 14.5 Å². The minimum absolute atomic E-state index is 0.0524. The van der Waals surface area contributed by atoms with Crippen molar-refractivity contribution in [2.75, 3.05) is 11.5 Å². The number of benzene rings is 2. The second-order valence-electron chi connectivity index (χ2n) is 8.05. The monoisotopic (exact) mass is 474 g/mol. The van der Waals surface area contributed by atoms with Crippen LogP contribution in [0.15, 0.2) is 64.6 Å². The molecule has 1 amide bonds. The smallest absolute Gasteiger partial charge is 0.302 e. The lowest BCUT2D eigenvalue weighted by molar-refractivity contribution is -0.132. The molecule has 0 bridgehead atoms. The Kier molecular flexibility index (Phi) is 5.45. The van der Waals surface area contributed by atoms with Crippen LogP contribution >= 0.6 is 11.3 Å².